The Labute approximate surface area is 278 Å². The molecular weight excluding hydrogens is 599 g/mol. The first-order valence-corrected chi connectivity index (χ1v) is 19.4. The molecule has 1 nitrogen and oxygen atoms in total. The van der Waals surface area contributed by atoms with Gasteiger partial charge >= 0.3 is 0 Å². The van der Waals surface area contributed by atoms with Gasteiger partial charge in [0.2, 0.25) is 0 Å². The first kappa shape index (κ1) is 21.7. The van der Waals surface area contributed by atoms with Crippen LogP contribution in [0.15, 0.2) is 41.8 Å². The minimum absolute atomic E-state index is 0.0448. The lowest BCUT2D eigenvalue weighted by Crippen LogP contribution is -2.34. The Balaban J connectivity index is 1.23. The molecule has 0 radical (unpaired) electrons. The van der Waals surface area contributed by atoms with Crippen molar-refractivity contribution in [3.05, 3.63) is 108 Å². The van der Waals surface area contributed by atoms with Gasteiger partial charge in [0.05, 0.1) is 6.04 Å². The molecule has 1 saturated heterocycles. The normalized spacial score (nSPS) is 33.2. The molecule has 7 unspecified atom stereocenters. The Morgan fingerprint density at radius 1 is 0.708 bits per heavy atom. The number of likely N-dealkylation sites (tertiary alicyclic amines) is 1. The highest BCUT2D eigenvalue weighted by Crippen LogP contribution is 2.76. The van der Waals surface area contributed by atoms with E-state index in [4.69, 9.17) is 0 Å². The van der Waals surface area contributed by atoms with E-state index in [1.54, 1.807) is 142 Å². The molecule has 18 rings (SSSR count). The van der Waals surface area contributed by atoms with Crippen LogP contribution in [0, 0.1) is 11.8 Å². The highest BCUT2D eigenvalue weighted by Gasteiger charge is 2.62. The predicted octanol–water partition coefficient (Wildman–Crippen LogP) is 9.51. The predicted molar refractivity (Wildman–Crippen MR) is 196 cm³/mol. The fourth-order valence-corrected chi connectivity index (χ4v) is 16.9. The minimum Gasteiger partial charge on any atom is -0.297 e. The van der Waals surface area contributed by atoms with Crippen LogP contribution in [-0.2, 0) is 18.3 Å². The molecular formula is C46H25NS. The summed E-state index contributed by atoms with van der Waals surface area (Å²) < 4.78 is 0. The van der Waals surface area contributed by atoms with Gasteiger partial charge in [-0.1, -0.05) is 36.4 Å². The van der Waals surface area contributed by atoms with Crippen molar-refractivity contribution in [3.8, 4) is 0 Å². The maximum absolute atomic E-state index is 2.91. The van der Waals surface area contributed by atoms with Crippen LogP contribution in [0.5, 0.6) is 0 Å². The molecule has 1 aliphatic heterocycles. The molecule has 1 aromatic heterocycles. The first-order valence-electron chi connectivity index (χ1n) is 18.5. The summed E-state index contributed by atoms with van der Waals surface area (Å²) in [4.78, 5) is 4.32. The second-order valence-electron chi connectivity index (χ2n) is 17.8. The second kappa shape index (κ2) is 5.76. The average molecular weight is 624 g/mol. The van der Waals surface area contributed by atoms with Crippen LogP contribution in [0.4, 0.5) is 0 Å². The van der Waals surface area contributed by atoms with Crippen LogP contribution in [0.1, 0.15) is 90.7 Å². The fourth-order valence-electron chi connectivity index (χ4n) is 16.0. The molecule has 0 saturated carbocycles. The molecule has 220 valence electrons. The van der Waals surface area contributed by atoms with Crippen LogP contribution < -0.4 is 5.22 Å². The summed E-state index contributed by atoms with van der Waals surface area (Å²) in [7, 11) is 2.45. The van der Waals surface area contributed by atoms with Gasteiger partial charge in [0, 0.05) is 34.6 Å². The molecule has 8 aromatic rings. The van der Waals surface area contributed by atoms with E-state index in [2.05, 4.69) is 59.8 Å². The van der Waals surface area contributed by atoms with Crippen LogP contribution in [0.25, 0.3) is 81.9 Å². The van der Waals surface area contributed by atoms with Gasteiger partial charge in [0.25, 0.3) is 0 Å². The number of fused-ring (bicyclic) bond motifs is 1. The highest BCUT2D eigenvalue weighted by atomic mass is 32.1. The number of allylic oxidation sites excluding steroid dienone is 3. The van der Waals surface area contributed by atoms with Gasteiger partial charge in [-0.2, -0.15) is 0 Å². The van der Waals surface area contributed by atoms with Gasteiger partial charge in [0.1, 0.15) is 0 Å². The van der Waals surface area contributed by atoms with Crippen molar-refractivity contribution in [1.29, 1.82) is 0 Å². The molecule has 48 heavy (non-hydrogen) atoms. The van der Waals surface area contributed by atoms with Gasteiger partial charge in [0.15, 0.2) is 0 Å². The minimum atomic E-state index is 0.0448. The molecule has 0 N–H and O–H groups in total. The zero-order valence-corrected chi connectivity index (χ0v) is 27.1. The molecule has 9 aliphatic carbocycles. The molecule has 10 aliphatic rings. The topological polar surface area (TPSA) is 3.24 Å². The third-order valence-electron chi connectivity index (χ3n) is 16.6. The molecule has 0 amide bonds. The summed E-state index contributed by atoms with van der Waals surface area (Å²) in [6.07, 6.45) is 12.1. The van der Waals surface area contributed by atoms with Crippen molar-refractivity contribution < 1.29 is 0 Å². The van der Waals surface area contributed by atoms with E-state index < -0.39 is 0 Å². The number of rotatable bonds is 1. The van der Waals surface area contributed by atoms with Crippen molar-refractivity contribution in [2.45, 2.75) is 48.5 Å². The molecule has 7 aromatic carbocycles. The smallest absolute Gasteiger partial charge is 0.0519 e. The van der Waals surface area contributed by atoms with E-state index in [0.717, 1.165) is 13.0 Å². The molecule has 7 atom stereocenters. The van der Waals surface area contributed by atoms with E-state index in [9.17, 15) is 0 Å². The van der Waals surface area contributed by atoms with Crippen molar-refractivity contribution in [2.75, 3.05) is 13.6 Å². The zero-order valence-electron chi connectivity index (χ0n) is 26.3. The standard InChI is InChI=1S/C46H25NS/c1-47-13-46-12-20-10-18-8-15-5-14-6-17-7-16-9-19-11-21(43(46)45(47)22-3-2-4-48-22)30-35-26(19)25(16)32-27(17)31-23(14)24(15)33-28(18)34-29(20)44(46)42(30)41-39(34)37(33)36(31)38(32)40(35)41/h2-4,6,8-9,11-12,16,18,25,28,43,45H,5,7,10,13H2,1H3. The third kappa shape index (κ3) is 1.59. The molecule has 2 heterocycles. The molecule has 1 fully saturated rings. The average Bonchev–Trinajstić information content (AvgIpc) is 3.92. The lowest BCUT2D eigenvalue weighted by Gasteiger charge is -2.39. The van der Waals surface area contributed by atoms with E-state index in [1.807, 2.05) is 11.3 Å². The van der Waals surface area contributed by atoms with Gasteiger partial charge in [-0.25, -0.2) is 0 Å². The largest absolute Gasteiger partial charge is 0.297 e. The zero-order chi connectivity index (χ0) is 29.7. The Morgan fingerprint density at radius 2 is 1.50 bits per heavy atom. The Hall–Kier alpha value is -4.24. The van der Waals surface area contributed by atoms with Crippen LogP contribution in [0.2, 0.25) is 0 Å². The van der Waals surface area contributed by atoms with E-state index in [1.165, 1.54) is 12.8 Å². The summed E-state index contributed by atoms with van der Waals surface area (Å²) in [5.74, 6) is 2.71. The van der Waals surface area contributed by atoms with Crippen LogP contribution >= 0.6 is 11.3 Å². The monoisotopic (exact) mass is 623 g/mol. The fraction of sp³-hybridized carbons (Fsp3) is 0.261. The summed E-state index contributed by atoms with van der Waals surface area (Å²) in [5, 5.41) is 24.4. The van der Waals surface area contributed by atoms with Gasteiger partial charge in [-0.05, 0) is 186 Å². The maximum Gasteiger partial charge on any atom is 0.0519 e. The third-order valence-corrected chi connectivity index (χ3v) is 17.5. The van der Waals surface area contributed by atoms with E-state index in [0.29, 0.717) is 35.6 Å². The maximum atomic E-state index is 2.91. The summed E-state index contributed by atoms with van der Waals surface area (Å²) >= 11 is 1.99. The second-order valence-corrected chi connectivity index (χ2v) is 18.8. The highest BCUT2D eigenvalue weighted by molar-refractivity contribution is 7.10. The van der Waals surface area contributed by atoms with E-state index in [-0.39, 0.29) is 5.41 Å². The number of nitrogens with zero attached hydrogens (tertiary/aromatic N) is 1. The van der Waals surface area contributed by atoms with Crippen molar-refractivity contribution >= 4 is 93.2 Å². The van der Waals surface area contributed by atoms with Crippen molar-refractivity contribution in [1.82, 2.24) is 4.90 Å². The lowest BCUT2D eigenvalue weighted by molar-refractivity contribution is 0.308. The number of hydrogen-bond donors (Lipinski definition) is 0. The lowest BCUT2D eigenvalue weighted by atomic mass is 9.62. The molecule has 2 heteroatoms. The Bertz CT molecular complexity index is 3330. The number of benzene rings is 5. The molecule has 1 spiro atoms. The Kier molecular flexibility index (Phi) is 2.60. The van der Waals surface area contributed by atoms with Gasteiger partial charge in [-0.15, -0.1) is 11.3 Å². The van der Waals surface area contributed by atoms with Crippen LogP contribution in [-0.4, -0.2) is 18.5 Å². The van der Waals surface area contributed by atoms with Crippen molar-refractivity contribution in [2.24, 2.45) is 11.8 Å². The SMILES string of the molecule is CN1CC23C=C4CC5C=C6Cc7cc8c9c%10c%11c%12c%13c(c6c7c9%12)C5c5c4c2c2c4c(cc6c(c4c%11c2c5%13)C%10C(C=6)C8)C3C1c1cccs1. The number of hydrogen-bond acceptors (Lipinski definition) is 2. The van der Waals surface area contributed by atoms with Crippen LogP contribution in [0.3, 0.4) is 0 Å². The quantitative estimate of drug-likeness (QED) is 0.165. The molecule has 0 bridgehead atoms. The summed E-state index contributed by atoms with van der Waals surface area (Å²) in [6, 6.07) is 10.7. The van der Waals surface area contributed by atoms with E-state index >= 15 is 0 Å². The van der Waals surface area contributed by atoms with Crippen molar-refractivity contribution in [3.63, 3.8) is 0 Å². The summed E-state index contributed by atoms with van der Waals surface area (Å²) in [6.45, 7) is 1.13. The van der Waals surface area contributed by atoms with Gasteiger partial charge < -0.3 is 0 Å². The van der Waals surface area contributed by atoms with Gasteiger partial charge in [-0.3, -0.25) is 4.90 Å². The summed E-state index contributed by atoms with van der Waals surface area (Å²) in [5.41, 5.74) is 20.7. The first-order chi connectivity index (χ1) is 23.7. The number of likely N-dealkylation sites (N-methyl/N-ethyl adjacent to an activating group) is 1. The Morgan fingerprint density at radius 3 is 2.40 bits per heavy atom. The number of thiophene rings is 1.